The minimum Gasteiger partial charge on any atom is -0.349 e. The maximum atomic E-state index is 12.8. The van der Waals surface area contributed by atoms with E-state index < -0.39 is 0 Å². The third-order valence-electron chi connectivity index (χ3n) is 7.54. The van der Waals surface area contributed by atoms with Crippen molar-refractivity contribution in [1.82, 2.24) is 19.9 Å². The molecule has 3 fully saturated rings. The average molecular weight is 421 g/mol. The second-order valence-corrected chi connectivity index (χ2v) is 10.4. The summed E-state index contributed by atoms with van der Waals surface area (Å²) < 4.78 is 1.99. The summed E-state index contributed by atoms with van der Waals surface area (Å²) in [5.74, 6) is 2.86. The number of nitrogens with zero attached hydrogens (tertiary/aromatic N) is 3. The van der Waals surface area contributed by atoms with Gasteiger partial charge in [-0.2, -0.15) is 0 Å². The van der Waals surface area contributed by atoms with Crippen LogP contribution in [0.15, 0.2) is 53.8 Å². The normalized spacial score (nSPS) is 26.9. The summed E-state index contributed by atoms with van der Waals surface area (Å²) in [6, 6.07) is 14.1. The summed E-state index contributed by atoms with van der Waals surface area (Å²) in [6.45, 7) is 7.08. The Hall–Kier alpha value is -2.34. The van der Waals surface area contributed by atoms with Gasteiger partial charge in [-0.15, -0.1) is 10.2 Å². The van der Waals surface area contributed by atoms with Crippen molar-refractivity contribution >= 4 is 23.3 Å². The third-order valence-corrected chi connectivity index (χ3v) is 8.55. The van der Waals surface area contributed by atoms with Crippen molar-refractivity contribution in [2.45, 2.75) is 50.6 Å². The Bertz CT molecular complexity index is 1070. The molecule has 2 aromatic heterocycles. The van der Waals surface area contributed by atoms with Crippen LogP contribution in [0.4, 0.5) is 0 Å². The number of carbonyl (C=O) groups is 1. The molecule has 0 aliphatic heterocycles. The summed E-state index contributed by atoms with van der Waals surface area (Å²) in [7, 11) is 0. The van der Waals surface area contributed by atoms with Crippen molar-refractivity contribution in [1.29, 1.82) is 0 Å². The monoisotopic (exact) mass is 420 g/mol. The summed E-state index contributed by atoms with van der Waals surface area (Å²) in [4.78, 5) is 12.8. The molecule has 1 amide bonds. The maximum Gasteiger partial charge on any atom is 0.251 e. The lowest BCUT2D eigenvalue weighted by molar-refractivity contribution is -0.113. The van der Waals surface area contributed by atoms with Crippen LogP contribution in [0.3, 0.4) is 0 Å². The molecule has 156 valence electrons. The number of nitrogens with one attached hydrogen (secondary N) is 1. The largest absolute Gasteiger partial charge is 0.349 e. The molecule has 0 spiro atoms. The van der Waals surface area contributed by atoms with E-state index in [-0.39, 0.29) is 5.91 Å². The Kier molecular flexibility index (Phi) is 4.85. The van der Waals surface area contributed by atoms with E-state index in [2.05, 4.69) is 36.3 Å². The number of amides is 1. The van der Waals surface area contributed by atoms with Gasteiger partial charge < -0.3 is 5.32 Å². The van der Waals surface area contributed by atoms with Crippen LogP contribution < -0.4 is 5.32 Å². The lowest BCUT2D eigenvalue weighted by Crippen LogP contribution is -2.60. The van der Waals surface area contributed by atoms with E-state index in [1.54, 1.807) is 11.8 Å². The first-order valence-electron chi connectivity index (χ1n) is 10.8. The van der Waals surface area contributed by atoms with Crippen molar-refractivity contribution < 1.29 is 4.79 Å². The molecule has 3 saturated carbocycles. The van der Waals surface area contributed by atoms with E-state index in [0.717, 1.165) is 40.4 Å². The average Bonchev–Trinajstić information content (AvgIpc) is 3.16. The zero-order valence-electron chi connectivity index (χ0n) is 17.7. The number of hydrogen-bond acceptors (Lipinski definition) is 4. The number of thioether (sulfide) groups is 1. The van der Waals surface area contributed by atoms with E-state index in [4.69, 9.17) is 0 Å². The number of carbonyl (C=O) groups excluding carboxylic acids is 1. The van der Waals surface area contributed by atoms with Crippen molar-refractivity contribution in [2.24, 2.45) is 23.2 Å². The molecule has 30 heavy (non-hydrogen) atoms. The minimum absolute atomic E-state index is 0.0496. The molecule has 3 aliphatic rings. The molecular weight excluding hydrogens is 392 g/mol. The van der Waals surface area contributed by atoms with Gasteiger partial charge in [0.2, 0.25) is 0 Å². The van der Waals surface area contributed by atoms with Crippen LogP contribution in [-0.2, 0) is 5.75 Å². The van der Waals surface area contributed by atoms with Crippen LogP contribution in [0.1, 0.15) is 49.5 Å². The molecule has 1 N–H and O–H groups in total. The van der Waals surface area contributed by atoms with Crippen LogP contribution in [0.2, 0.25) is 0 Å². The quantitative estimate of drug-likeness (QED) is 0.601. The topological polar surface area (TPSA) is 59.3 Å². The van der Waals surface area contributed by atoms with Crippen LogP contribution in [0.5, 0.6) is 0 Å². The second-order valence-electron chi connectivity index (χ2n) is 9.43. The Labute approximate surface area is 181 Å². The molecule has 0 unspecified atom stereocenters. The molecule has 4 atom stereocenters. The van der Waals surface area contributed by atoms with Crippen LogP contribution in [0, 0.1) is 23.2 Å². The highest BCUT2D eigenvalue weighted by Gasteiger charge is 2.56. The highest BCUT2D eigenvalue weighted by Crippen LogP contribution is 2.61. The summed E-state index contributed by atoms with van der Waals surface area (Å²) in [5, 5.41) is 12.6. The molecular formula is C24H28N4OS. The third kappa shape index (κ3) is 3.31. The molecule has 5 nitrogen and oxygen atoms in total. The van der Waals surface area contributed by atoms with E-state index >= 15 is 0 Å². The SMILES string of the molecule is C[C@@H]1[C@H]2C[C@@H](C[C@H]1NC(=O)c1ccc(CSc3nnc4ccccn34)cc1)C2(C)C. The molecule has 3 aromatic rings. The molecule has 3 aliphatic carbocycles. The fourth-order valence-corrected chi connectivity index (χ4v) is 6.29. The lowest BCUT2D eigenvalue weighted by atomic mass is 9.45. The second kappa shape index (κ2) is 7.41. The summed E-state index contributed by atoms with van der Waals surface area (Å²) in [5.41, 5.74) is 3.20. The van der Waals surface area contributed by atoms with Crippen molar-refractivity contribution in [3.8, 4) is 0 Å². The van der Waals surface area contributed by atoms with E-state index in [9.17, 15) is 4.79 Å². The fourth-order valence-electron chi connectivity index (χ4n) is 5.41. The number of aromatic nitrogens is 3. The molecule has 2 heterocycles. The van der Waals surface area contributed by atoms with Crippen LogP contribution in [-0.4, -0.2) is 26.5 Å². The Morgan fingerprint density at radius 2 is 1.97 bits per heavy atom. The Morgan fingerprint density at radius 1 is 1.17 bits per heavy atom. The Morgan fingerprint density at radius 3 is 2.70 bits per heavy atom. The summed E-state index contributed by atoms with van der Waals surface area (Å²) in [6.07, 6.45) is 4.41. The van der Waals surface area contributed by atoms with Gasteiger partial charge in [0, 0.05) is 23.6 Å². The highest BCUT2D eigenvalue weighted by atomic mass is 32.2. The van der Waals surface area contributed by atoms with Gasteiger partial charge >= 0.3 is 0 Å². The predicted octanol–water partition coefficient (Wildman–Crippen LogP) is 4.82. The van der Waals surface area contributed by atoms with Crippen LogP contribution in [0.25, 0.3) is 5.65 Å². The zero-order chi connectivity index (χ0) is 20.9. The van der Waals surface area contributed by atoms with Gasteiger partial charge in [0.05, 0.1) is 0 Å². The molecule has 1 aromatic carbocycles. The van der Waals surface area contributed by atoms with Crippen molar-refractivity contribution in [3.63, 3.8) is 0 Å². The maximum absolute atomic E-state index is 12.8. The number of hydrogen-bond donors (Lipinski definition) is 1. The number of pyridine rings is 1. The molecule has 0 radical (unpaired) electrons. The van der Waals surface area contributed by atoms with Gasteiger partial charge in [0.1, 0.15) is 0 Å². The van der Waals surface area contributed by atoms with Gasteiger partial charge in [-0.1, -0.05) is 50.7 Å². The molecule has 6 rings (SSSR count). The van der Waals surface area contributed by atoms with Crippen molar-refractivity contribution in [2.75, 3.05) is 0 Å². The number of benzene rings is 1. The smallest absolute Gasteiger partial charge is 0.251 e. The van der Waals surface area contributed by atoms with Crippen molar-refractivity contribution in [3.05, 3.63) is 59.8 Å². The number of rotatable bonds is 5. The fraction of sp³-hybridized carbons (Fsp3) is 0.458. The van der Waals surface area contributed by atoms with E-state index in [0.29, 0.717) is 17.4 Å². The van der Waals surface area contributed by atoms with Crippen LogP contribution >= 0.6 is 11.8 Å². The molecule has 2 bridgehead atoms. The first-order valence-corrected chi connectivity index (χ1v) is 11.7. The molecule has 6 heteroatoms. The highest BCUT2D eigenvalue weighted by molar-refractivity contribution is 7.98. The Balaban J connectivity index is 1.19. The van der Waals surface area contributed by atoms with Gasteiger partial charge in [-0.05, 0) is 65.8 Å². The summed E-state index contributed by atoms with van der Waals surface area (Å²) >= 11 is 1.65. The standard InChI is InChI=1S/C24H28N4OS/c1-15-19-12-18(24(19,2)3)13-20(15)25-22(29)17-9-7-16(8-10-17)14-30-23-27-26-21-6-4-5-11-28(21)23/h4-11,15,18-20H,12-14H2,1-3H3,(H,25,29)/t15-,18+,19-,20-/m1/s1. The number of fused-ring (bicyclic) bond motifs is 3. The minimum atomic E-state index is 0.0496. The van der Waals surface area contributed by atoms with Gasteiger partial charge in [0.25, 0.3) is 5.91 Å². The van der Waals surface area contributed by atoms with E-state index in [1.807, 2.05) is 53.1 Å². The first kappa shape index (κ1) is 19.6. The van der Waals surface area contributed by atoms with E-state index in [1.165, 1.54) is 12.0 Å². The lowest BCUT2D eigenvalue weighted by Gasteiger charge is -2.62. The zero-order valence-corrected chi connectivity index (χ0v) is 18.5. The van der Waals surface area contributed by atoms with Gasteiger partial charge in [0.15, 0.2) is 10.8 Å². The predicted molar refractivity (Wildman–Crippen MR) is 119 cm³/mol. The van der Waals surface area contributed by atoms with Gasteiger partial charge in [-0.25, -0.2) is 0 Å². The molecule has 0 saturated heterocycles. The van der Waals surface area contributed by atoms with Gasteiger partial charge in [-0.3, -0.25) is 9.20 Å². The first-order chi connectivity index (χ1) is 14.4.